The predicted octanol–water partition coefficient (Wildman–Crippen LogP) is 0.252. The zero-order valence-corrected chi connectivity index (χ0v) is 8.77. The van der Waals surface area contributed by atoms with Gasteiger partial charge in [0.05, 0.1) is 19.3 Å². The van der Waals surface area contributed by atoms with Gasteiger partial charge in [-0.15, -0.1) is 0 Å². The zero-order chi connectivity index (χ0) is 11.3. The maximum absolute atomic E-state index is 9.16. The number of hydrogen-bond donors (Lipinski definition) is 4. The second-order valence-electron chi connectivity index (χ2n) is 3.52. The highest BCUT2D eigenvalue weighted by atomic mass is 16.3. The molecule has 0 fully saturated rings. The standard InChI is InChI=1S/C11H17NO3/c1-8-4-9(6-13)2-3-11(8)12-5-10(15)7-14/h2-4,10,12-15H,5-7H2,1H3. The molecule has 0 aliphatic heterocycles. The topological polar surface area (TPSA) is 72.7 Å². The summed E-state index contributed by atoms with van der Waals surface area (Å²) in [5.74, 6) is 0. The molecule has 84 valence electrons. The van der Waals surface area contributed by atoms with Crippen molar-refractivity contribution in [3.05, 3.63) is 29.3 Å². The molecule has 15 heavy (non-hydrogen) atoms. The molecule has 0 bridgehead atoms. The first-order valence-electron chi connectivity index (χ1n) is 4.90. The van der Waals surface area contributed by atoms with Crippen molar-refractivity contribution in [2.45, 2.75) is 19.6 Å². The lowest BCUT2D eigenvalue weighted by Crippen LogP contribution is -2.23. The molecule has 0 radical (unpaired) electrons. The van der Waals surface area contributed by atoms with Crippen molar-refractivity contribution in [2.24, 2.45) is 0 Å². The van der Waals surface area contributed by atoms with Crippen LogP contribution in [0.25, 0.3) is 0 Å². The number of aliphatic hydroxyl groups excluding tert-OH is 3. The Kier molecular flexibility index (Phi) is 4.55. The molecule has 0 heterocycles. The van der Waals surface area contributed by atoms with Crippen LogP contribution in [0.15, 0.2) is 18.2 Å². The van der Waals surface area contributed by atoms with E-state index in [0.29, 0.717) is 6.54 Å². The van der Waals surface area contributed by atoms with Crippen LogP contribution in [0.5, 0.6) is 0 Å². The van der Waals surface area contributed by atoms with Gasteiger partial charge in [-0.05, 0) is 24.1 Å². The summed E-state index contributed by atoms with van der Waals surface area (Å²) in [7, 11) is 0. The van der Waals surface area contributed by atoms with Gasteiger partial charge in [0.25, 0.3) is 0 Å². The third kappa shape index (κ3) is 3.51. The molecule has 1 unspecified atom stereocenters. The van der Waals surface area contributed by atoms with Gasteiger partial charge in [-0.25, -0.2) is 0 Å². The van der Waals surface area contributed by atoms with Crippen molar-refractivity contribution in [2.75, 3.05) is 18.5 Å². The van der Waals surface area contributed by atoms with E-state index in [9.17, 15) is 0 Å². The van der Waals surface area contributed by atoms with E-state index in [4.69, 9.17) is 15.3 Å². The van der Waals surface area contributed by atoms with E-state index in [1.54, 1.807) is 0 Å². The Morgan fingerprint density at radius 1 is 1.33 bits per heavy atom. The minimum Gasteiger partial charge on any atom is -0.394 e. The van der Waals surface area contributed by atoms with Gasteiger partial charge in [0.15, 0.2) is 0 Å². The van der Waals surface area contributed by atoms with Crippen LogP contribution in [0, 0.1) is 6.92 Å². The van der Waals surface area contributed by atoms with E-state index < -0.39 is 6.10 Å². The summed E-state index contributed by atoms with van der Waals surface area (Å²) >= 11 is 0. The van der Waals surface area contributed by atoms with E-state index in [1.165, 1.54) is 0 Å². The summed E-state index contributed by atoms with van der Waals surface area (Å²) in [6.07, 6.45) is -0.748. The van der Waals surface area contributed by atoms with E-state index in [2.05, 4.69) is 5.32 Å². The Balaban J connectivity index is 2.62. The number of aliphatic hydroxyl groups is 3. The number of nitrogens with one attached hydrogen (secondary N) is 1. The fourth-order valence-electron chi connectivity index (χ4n) is 1.31. The minimum atomic E-state index is -0.748. The summed E-state index contributed by atoms with van der Waals surface area (Å²) in [6, 6.07) is 5.55. The quantitative estimate of drug-likeness (QED) is 0.563. The first-order valence-corrected chi connectivity index (χ1v) is 4.90. The van der Waals surface area contributed by atoms with Crippen molar-refractivity contribution in [3.8, 4) is 0 Å². The van der Waals surface area contributed by atoms with Crippen molar-refractivity contribution in [1.29, 1.82) is 0 Å². The van der Waals surface area contributed by atoms with Gasteiger partial charge in [0.2, 0.25) is 0 Å². The maximum Gasteiger partial charge on any atom is 0.0942 e. The molecule has 4 N–H and O–H groups in total. The smallest absolute Gasteiger partial charge is 0.0942 e. The Morgan fingerprint density at radius 3 is 2.60 bits per heavy atom. The van der Waals surface area contributed by atoms with Crippen LogP contribution >= 0.6 is 0 Å². The Labute approximate surface area is 89.2 Å². The number of hydrogen-bond acceptors (Lipinski definition) is 4. The van der Waals surface area contributed by atoms with Gasteiger partial charge in [-0.1, -0.05) is 12.1 Å². The number of anilines is 1. The minimum absolute atomic E-state index is 0.0282. The van der Waals surface area contributed by atoms with Gasteiger partial charge in [0.1, 0.15) is 0 Å². The van der Waals surface area contributed by atoms with E-state index in [0.717, 1.165) is 16.8 Å². The normalized spacial score (nSPS) is 12.5. The van der Waals surface area contributed by atoms with Gasteiger partial charge in [-0.3, -0.25) is 0 Å². The van der Waals surface area contributed by atoms with Crippen molar-refractivity contribution in [1.82, 2.24) is 0 Å². The molecule has 4 heteroatoms. The predicted molar refractivity (Wildman–Crippen MR) is 58.7 cm³/mol. The van der Waals surface area contributed by atoms with Crippen LogP contribution in [0.2, 0.25) is 0 Å². The average Bonchev–Trinajstić information content (AvgIpc) is 2.26. The van der Waals surface area contributed by atoms with Crippen LogP contribution in [-0.2, 0) is 6.61 Å². The molecule has 0 spiro atoms. The third-order valence-corrected chi connectivity index (χ3v) is 2.21. The second kappa shape index (κ2) is 5.70. The molecule has 0 amide bonds. The Morgan fingerprint density at radius 2 is 2.07 bits per heavy atom. The first-order chi connectivity index (χ1) is 7.17. The monoisotopic (exact) mass is 211 g/mol. The van der Waals surface area contributed by atoms with Gasteiger partial charge in [0, 0.05) is 12.2 Å². The van der Waals surface area contributed by atoms with Gasteiger partial charge >= 0.3 is 0 Å². The fourth-order valence-corrected chi connectivity index (χ4v) is 1.31. The molecule has 1 aromatic rings. The summed E-state index contributed by atoms with van der Waals surface area (Å²) in [5.41, 5.74) is 2.77. The molecule has 0 saturated heterocycles. The van der Waals surface area contributed by atoms with Crippen LogP contribution in [0.4, 0.5) is 5.69 Å². The molecule has 1 atom stereocenters. The highest BCUT2D eigenvalue weighted by Gasteiger charge is 2.03. The molecule has 0 aliphatic rings. The van der Waals surface area contributed by atoms with Gasteiger partial charge < -0.3 is 20.6 Å². The summed E-state index contributed by atoms with van der Waals surface area (Å²) < 4.78 is 0. The lowest BCUT2D eigenvalue weighted by molar-refractivity contribution is 0.105. The molecular formula is C11H17NO3. The summed E-state index contributed by atoms with van der Waals surface area (Å²) in [5, 5.41) is 29.7. The second-order valence-corrected chi connectivity index (χ2v) is 3.52. The molecule has 0 aliphatic carbocycles. The largest absolute Gasteiger partial charge is 0.394 e. The Bertz CT molecular complexity index is 315. The van der Waals surface area contributed by atoms with E-state index in [1.807, 2.05) is 25.1 Å². The van der Waals surface area contributed by atoms with Crippen molar-refractivity contribution in [3.63, 3.8) is 0 Å². The molecule has 4 nitrogen and oxygen atoms in total. The van der Waals surface area contributed by atoms with Gasteiger partial charge in [-0.2, -0.15) is 0 Å². The maximum atomic E-state index is 9.16. The Hall–Kier alpha value is -1.10. The summed E-state index contributed by atoms with van der Waals surface area (Å²) in [4.78, 5) is 0. The first kappa shape index (κ1) is 12.0. The number of rotatable bonds is 5. The SMILES string of the molecule is Cc1cc(CO)ccc1NCC(O)CO. The van der Waals surface area contributed by atoms with Crippen molar-refractivity contribution < 1.29 is 15.3 Å². The molecule has 1 rings (SSSR count). The van der Waals surface area contributed by atoms with Crippen LogP contribution in [-0.4, -0.2) is 34.6 Å². The lowest BCUT2D eigenvalue weighted by atomic mass is 10.1. The van der Waals surface area contributed by atoms with E-state index in [-0.39, 0.29) is 13.2 Å². The molecule has 1 aromatic carbocycles. The number of benzene rings is 1. The molecule has 0 aromatic heterocycles. The lowest BCUT2D eigenvalue weighted by Gasteiger charge is -2.13. The summed E-state index contributed by atoms with van der Waals surface area (Å²) in [6.45, 7) is 2.02. The highest BCUT2D eigenvalue weighted by Crippen LogP contribution is 2.16. The highest BCUT2D eigenvalue weighted by molar-refractivity contribution is 5.52. The van der Waals surface area contributed by atoms with Crippen LogP contribution in [0.3, 0.4) is 0 Å². The molecular weight excluding hydrogens is 194 g/mol. The molecule has 0 saturated carbocycles. The average molecular weight is 211 g/mol. The van der Waals surface area contributed by atoms with Crippen molar-refractivity contribution >= 4 is 5.69 Å². The van der Waals surface area contributed by atoms with E-state index >= 15 is 0 Å². The fraction of sp³-hybridized carbons (Fsp3) is 0.455. The number of aryl methyl sites for hydroxylation is 1. The third-order valence-electron chi connectivity index (χ3n) is 2.21. The van der Waals surface area contributed by atoms with Crippen LogP contribution in [0.1, 0.15) is 11.1 Å². The van der Waals surface area contributed by atoms with Crippen LogP contribution < -0.4 is 5.32 Å². The zero-order valence-electron chi connectivity index (χ0n) is 8.77.